The number of hydroxylamine groups is 1. The molecule has 11 nitrogen and oxygen atoms in total. The van der Waals surface area contributed by atoms with E-state index in [0.717, 1.165) is 31.2 Å². The van der Waals surface area contributed by atoms with E-state index in [9.17, 15) is 14.4 Å². The molecule has 4 rings (SSSR count). The second-order valence-electron chi connectivity index (χ2n) is 12.8. The summed E-state index contributed by atoms with van der Waals surface area (Å²) in [6.45, 7) is 4.82. The zero-order valence-corrected chi connectivity index (χ0v) is 27.1. The van der Waals surface area contributed by atoms with Crippen LogP contribution in [0.25, 0.3) is 0 Å². The number of carbonyl (C=O) groups excluding carboxylic acids is 3. The van der Waals surface area contributed by atoms with Crippen LogP contribution in [0.2, 0.25) is 0 Å². The number of carbonyl (C=O) groups is 3. The number of nitrogens with zero attached hydrogens (tertiary/aromatic N) is 5. The van der Waals surface area contributed by atoms with Gasteiger partial charge in [0, 0.05) is 26.0 Å². The number of hydrazine groups is 1. The lowest BCUT2D eigenvalue weighted by Gasteiger charge is -2.40. The van der Waals surface area contributed by atoms with E-state index in [1.807, 2.05) is 30.3 Å². The Morgan fingerprint density at radius 1 is 1.02 bits per heavy atom. The fourth-order valence-corrected chi connectivity index (χ4v) is 6.21. The van der Waals surface area contributed by atoms with Gasteiger partial charge in [0.05, 0.1) is 0 Å². The summed E-state index contributed by atoms with van der Waals surface area (Å²) in [5, 5.41) is 7.03. The van der Waals surface area contributed by atoms with Crippen molar-refractivity contribution in [3.8, 4) is 0 Å². The first-order chi connectivity index (χ1) is 21.9. The molecule has 0 bridgehead atoms. The van der Waals surface area contributed by atoms with Gasteiger partial charge < -0.3 is 4.74 Å². The summed E-state index contributed by atoms with van der Waals surface area (Å²) in [7, 11) is 0. The van der Waals surface area contributed by atoms with Crippen molar-refractivity contribution in [1.29, 1.82) is 0 Å². The highest BCUT2D eigenvalue weighted by Crippen LogP contribution is 2.29. The zero-order chi connectivity index (χ0) is 31.9. The molecule has 248 valence electrons. The molecule has 0 radical (unpaired) electrons. The average molecular weight is 625 g/mol. The molecule has 1 aliphatic heterocycles. The number of nitrogens with one attached hydrogen (secondary N) is 1. The fraction of sp³-hybridized carbons (Fsp3) is 0.676. The first kappa shape index (κ1) is 34.6. The second kappa shape index (κ2) is 18.6. The van der Waals surface area contributed by atoms with E-state index < -0.39 is 18.2 Å². The first-order valence-electron chi connectivity index (χ1n) is 17.0. The summed E-state index contributed by atoms with van der Waals surface area (Å²) in [6, 6.07) is 8.92. The summed E-state index contributed by atoms with van der Waals surface area (Å²) in [4.78, 5) is 51.9. The van der Waals surface area contributed by atoms with Crippen LogP contribution in [0.1, 0.15) is 103 Å². The molecule has 1 saturated heterocycles. The molecule has 3 amide bonds. The van der Waals surface area contributed by atoms with Gasteiger partial charge in [0.2, 0.25) is 5.91 Å². The third-order valence-corrected chi connectivity index (χ3v) is 8.80. The molecule has 1 aliphatic carbocycles. The number of aromatic nitrogens is 3. The molecule has 2 aliphatic rings. The molecule has 11 heteroatoms. The lowest BCUT2D eigenvalue weighted by Crippen LogP contribution is -2.60. The minimum absolute atomic E-state index is 0.106. The molecule has 45 heavy (non-hydrogen) atoms. The molecule has 2 aromatic rings. The highest BCUT2D eigenvalue weighted by atomic mass is 16.8. The molecule has 1 aromatic heterocycles. The van der Waals surface area contributed by atoms with E-state index in [4.69, 9.17) is 9.57 Å². The summed E-state index contributed by atoms with van der Waals surface area (Å²) >= 11 is 0. The third kappa shape index (κ3) is 11.5. The van der Waals surface area contributed by atoms with E-state index in [1.165, 1.54) is 59.5 Å². The topological polar surface area (TPSA) is 119 Å². The summed E-state index contributed by atoms with van der Waals surface area (Å²) < 4.78 is 7.12. The molecular weight excluding hydrogens is 572 g/mol. The van der Waals surface area contributed by atoms with Gasteiger partial charge in [-0.15, -0.1) is 0 Å². The lowest BCUT2D eigenvalue weighted by atomic mass is 9.85. The van der Waals surface area contributed by atoms with Gasteiger partial charge in [-0.3, -0.25) is 14.4 Å². The van der Waals surface area contributed by atoms with E-state index in [-0.39, 0.29) is 37.2 Å². The molecule has 1 N–H and O–H groups in total. The maximum Gasteiger partial charge on any atom is 0.268 e. The van der Waals surface area contributed by atoms with E-state index in [1.54, 1.807) is 0 Å². The predicted molar refractivity (Wildman–Crippen MR) is 170 cm³/mol. The number of benzene rings is 1. The molecule has 2 heterocycles. The number of ether oxygens (including phenoxy) is 1. The van der Waals surface area contributed by atoms with Gasteiger partial charge >= 0.3 is 0 Å². The smallest absolute Gasteiger partial charge is 0.268 e. The van der Waals surface area contributed by atoms with Crippen LogP contribution in [0.3, 0.4) is 0 Å². The maximum atomic E-state index is 14.2. The lowest BCUT2D eigenvalue weighted by molar-refractivity contribution is -0.206. The maximum absolute atomic E-state index is 14.2. The van der Waals surface area contributed by atoms with Crippen LogP contribution in [-0.2, 0) is 36.9 Å². The van der Waals surface area contributed by atoms with Gasteiger partial charge in [-0.25, -0.2) is 30.0 Å². The van der Waals surface area contributed by atoms with Crippen LogP contribution in [0, 0.1) is 11.8 Å². The Morgan fingerprint density at radius 3 is 2.49 bits per heavy atom. The molecule has 2 fully saturated rings. The van der Waals surface area contributed by atoms with Gasteiger partial charge in [-0.05, 0) is 49.5 Å². The normalized spacial score (nSPS) is 18.0. The molecule has 1 aromatic carbocycles. The van der Waals surface area contributed by atoms with Gasteiger partial charge in [-0.2, -0.15) is 5.10 Å². The van der Waals surface area contributed by atoms with Crippen molar-refractivity contribution in [2.24, 2.45) is 11.8 Å². The Balaban J connectivity index is 1.62. The number of rotatable bonds is 16. The summed E-state index contributed by atoms with van der Waals surface area (Å²) in [6.07, 6.45) is 14.6. The summed E-state index contributed by atoms with van der Waals surface area (Å²) in [5.74, 6) is -0.122. The van der Waals surface area contributed by atoms with Crippen molar-refractivity contribution in [2.75, 3.05) is 13.2 Å². The van der Waals surface area contributed by atoms with Gasteiger partial charge in [0.25, 0.3) is 11.8 Å². The van der Waals surface area contributed by atoms with E-state index in [2.05, 4.69) is 29.4 Å². The Labute approximate surface area is 267 Å². The monoisotopic (exact) mass is 624 g/mol. The highest BCUT2D eigenvalue weighted by Gasteiger charge is 2.37. The molecule has 0 spiro atoms. The van der Waals surface area contributed by atoms with E-state index >= 15 is 0 Å². The molecule has 1 saturated carbocycles. The quantitative estimate of drug-likeness (QED) is 0.254. The van der Waals surface area contributed by atoms with Gasteiger partial charge in [-0.1, -0.05) is 89.1 Å². The number of hydrogen-bond donors (Lipinski definition) is 1. The van der Waals surface area contributed by atoms with Crippen LogP contribution in [0.4, 0.5) is 0 Å². The van der Waals surface area contributed by atoms with Crippen molar-refractivity contribution < 1.29 is 24.0 Å². The largest absolute Gasteiger partial charge is 0.350 e. The van der Waals surface area contributed by atoms with Crippen molar-refractivity contribution in [2.45, 2.75) is 123 Å². The zero-order valence-electron chi connectivity index (χ0n) is 27.1. The van der Waals surface area contributed by atoms with E-state index in [0.29, 0.717) is 38.2 Å². The van der Waals surface area contributed by atoms with Crippen LogP contribution >= 0.6 is 0 Å². The molecule has 0 unspecified atom stereocenters. The van der Waals surface area contributed by atoms with Crippen molar-refractivity contribution in [3.05, 3.63) is 48.5 Å². The second-order valence-corrected chi connectivity index (χ2v) is 12.8. The Hall–Kier alpha value is -3.31. The van der Waals surface area contributed by atoms with Crippen molar-refractivity contribution in [3.63, 3.8) is 0 Å². The van der Waals surface area contributed by atoms with Crippen LogP contribution < -0.4 is 5.48 Å². The minimum atomic E-state index is -0.924. The number of amides is 3. The first-order valence-corrected chi connectivity index (χ1v) is 17.0. The average Bonchev–Trinajstić information content (AvgIpc) is 3.57. The van der Waals surface area contributed by atoms with Gasteiger partial charge in [0.1, 0.15) is 25.2 Å². The highest BCUT2D eigenvalue weighted by molar-refractivity contribution is 5.89. The minimum Gasteiger partial charge on any atom is -0.350 e. The Bertz CT molecular complexity index is 1150. The fourth-order valence-electron chi connectivity index (χ4n) is 6.21. The third-order valence-electron chi connectivity index (χ3n) is 8.80. The van der Waals surface area contributed by atoms with Crippen LogP contribution in [0.5, 0.6) is 0 Å². The van der Waals surface area contributed by atoms with Crippen LogP contribution in [0.15, 0.2) is 43.0 Å². The molecule has 2 atom stereocenters. The van der Waals surface area contributed by atoms with Crippen molar-refractivity contribution in [1.82, 2.24) is 30.3 Å². The predicted octanol–water partition coefficient (Wildman–Crippen LogP) is 5.22. The Morgan fingerprint density at radius 2 is 1.80 bits per heavy atom. The van der Waals surface area contributed by atoms with Crippen LogP contribution in [-0.4, -0.2) is 68.0 Å². The summed E-state index contributed by atoms with van der Waals surface area (Å²) in [5.41, 5.74) is 3.66. The SMILES string of the molecule is CC(C)CCC(=O)N([C@@H](CCCC1CCCCC1)C(=O)NO[C@@H]1CCCCO1)N(CCc1ccccc1)C(=O)Cn1cncn1. The van der Waals surface area contributed by atoms with Crippen molar-refractivity contribution >= 4 is 17.7 Å². The Kier molecular flexibility index (Phi) is 14.3. The standard InChI is InChI=1S/C34H52N6O5/c1-27(2)19-20-31(41)40(39(22-21-29-14-7-4-8-15-29)32(42)24-38-26-35-25-36-38)30(17-11-16-28-12-5-3-6-13-28)34(43)37-45-33-18-9-10-23-44-33/h4,7-8,14-15,25-28,30,33H,3,5-6,9-13,16-24H2,1-2H3,(H,37,43)/t30-,33+/m0/s1. The molecular formula is C34H52N6O5. The van der Waals surface area contributed by atoms with Gasteiger partial charge in [0.15, 0.2) is 6.29 Å². The number of hydrogen-bond acceptors (Lipinski definition) is 7.